The van der Waals surface area contributed by atoms with Crippen molar-refractivity contribution in [1.29, 1.82) is 0 Å². The fourth-order valence-electron chi connectivity index (χ4n) is 3.65. The van der Waals surface area contributed by atoms with Gasteiger partial charge in [0.25, 0.3) is 0 Å². The summed E-state index contributed by atoms with van der Waals surface area (Å²) in [7, 11) is 0. The van der Waals surface area contributed by atoms with Crippen LogP contribution in [-0.2, 0) is 9.47 Å². The minimum absolute atomic E-state index is 0.135. The van der Waals surface area contributed by atoms with Gasteiger partial charge in [-0.05, 0) is 46.8 Å². The second-order valence-corrected chi connectivity index (χ2v) is 10.4. The Labute approximate surface area is 207 Å². The normalized spacial score (nSPS) is 18.0. The minimum Gasteiger partial charge on any atom is -0.447 e. The molecule has 9 nitrogen and oxygen atoms in total. The second kappa shape index (κ2) is 9.81. The molecule has 0 aliphatic carbocycles. The van der Waals surface area contributed by atoms with Crippen LogP contribution in [0.3, 0.4) is 0 Å². The summed E-state index contributed by atoms with van der Waals surface area (Å²) in [6.07, 6.45) is 4.53. The number of aromatic nitrogens is 4. The molecule has 4 rings (SSSR count). The van der Waals surface area contributed by atoms with Crippen molar-refractivity contribution in [3.8, 4) is 10.6 Å². The molecule has 0 spiro atoms. The number of ether oxygens (including phenoxy) is 2. The number of thiazole rings is 1. The zero-order chi connectivity index (χ0) is 24.5. The van der Waals surface area contributed by atoms with Crippen LogP contribution in [-0.4, -0.2) is 50.4 Å². The van der Waals surface area contributed by atoms with E-state index in [1.807, 2.05) is 52.9 Å². The largest absolute Gasteiger partial charge is 0.447 e. The Morgan fingerprint density at radius 3 is 2.71 bits per heavy atom. The number of nitrogens with zero attached hydrogens (tertiary/aromatic N) is 5. The Morgan fingerprint density at radius 1 is 1.26 bits per heavy atom. The molecule has 1 amide bonds. The lowest BCUT2D eigenvalue weighted by Gasteiger charge is -2.31. The van der Waals surface area contributed by atoms with Crippen molar-refractivity contribution >= 4 is 40.8 Å². The highest BCUT2D eigenvalue weighted by Crippen LogP contribution is 2.32. The van der Waals surface area contributed by atoms with E-state index in [0.717, 1.165) is 15.4 Å². The lowest BCUT2D eigenvalue weighted by atomic mass is 10.1. The molecule has 180 valence electrons. The number of nitrogens with one attached hydrogen (secondary N) is 1. The molecule has 1 N–H and O–H groups in total. The van der Waals surface area contributed by atoms with Gasteiger partial charge in [0.05, 0.1) is 17.7 Å². The van der Waals surface area contributed by atoms with E-state index in [0.29, 0.717) is 11.8 Å². The summed E-state index contributed by atoms with van der Waals surface area (Å²) in [5.74, 6) is 0.657. The summed E-state index contributed by atoms with van der Waals surface area (Å²) in [6.45, 7) is 10.0. The number of hydrogen-bond acceptors (Lipinski definition) is 9. The number of amides is 1. The Hall–Kier alpha value is -2.82. The van der Waals surface area contributed by atoms with Gasteiger partial charge in [-0.15, -0.1) is 11.3 Å². The molecule has 0 unspecified atom stereocenters. The molecule has 3 atom stereocenters. The van der Waals surface area contributed by atoms with Crippen LogP contribution in [0.1, 0.15) is 45.5 Å². The van der Waals surface area contributed by atoms with Crippen LogP contribution in [0.4, 0.5) is 16.6 Å². The minimum atomic E-state index is -0.493. The zero-order valence-electron chi connectivity index (χ0n) is 19.7. The number of hydrogen-bond donors (Lipinski definition) is 1. The van der Waals surface area contributed by atoms with Crippen molar-refractivity contribution in [2.75, 3.05) is 16.8 Å². The van der Waals surface area contributed by atoms with Gasteiger partial charge in [0.2, 0.25) is 5.95 Å². The molecule has 11 heteroatoms. The van der Waals surface area contributed by atoms with Gasteiger partial charge in [-0.1, -0.05) is 11.6 Å². The second-order valence-electron chi connectivity index (χ2n) is 8.99. The van der Waals surface area contributed by atoms with Gasteiger partial charge in [0.1, 0.15) is 28.6 Å². The fraction of sp³-hybridized carbons (Fsp3) is 0.435. The summed E-state index contributed by atoms with van der Waals surface area (Å²) in [6, 6.07) is 4.91. The van der Waals surface area contributed by atoms with Crippen molar-refractivity contribution in [3.63, 3.8) is 0 Å². The van der Waals surface area contributed by atoms with Gasteiger partial charge in [0, 0.05) is 35.1 Å². The van der Waals surface area contributed by atoms with E-state index >= 15 is 0 Å². The fourth-order valence-corrected chi connectivity index (χ4v) is 4.76. The molecule has 1 aliphatic heterocycles. The van der Waals surface area contributed by atoms with Crippen LogP contribution < -0.4 is 10.2 Å². The molecule has 3 aromatic heterocycles. The summed E-state index contributed by atoms with van der Waals surface area (Å²) >= 11 is 7.87. The number of anilines is 2. The van der Waals surface area contributed by atoms with Crippen LogP contribution in [0.2, 0.25) is 5.15 Å². The predicted molar refractivity (Wildman–Crippen MR) is 132 cm³/mol. The highest BCUT2D eigenvalue weighted by atomic mass is 35.5. The first-order valence-electron chi connectivity index (χ1n) is 10.9. The van der Waals surface area contributed by atoms with Crippen LogP contribution in [0.25, 0.3) is 10.6 Å². The molecule has 0 bridgehead atoms. The SMILES string of the molecule is C[C@H](Nc1nc(Cl)cc(N2C(=O)OC[C@@H]2[C@@H](C)OC(C)(C)C)n1)c1cnc(-c2ccncc2)s1. The van der Waals surface area contributed by atoms with Crippen molar-refractivity contribution in [1.82, 2.24) is 19.9 Å². The molecule has 4 heterocycles. The summed E-state index contributed by atoms with van der Waals surface area (Å²) in [4.78, 5) is 32.5. The van der Waals surface area contributed by atoms with E-state index in [1.54, 1.807) is 29.8 Å². The third-order valence-corrected chi connectivity index (χ3v) is 6.56. The van der Waals surface area contributed by atoms with E-state index in [4.69, 9.17) is 21.1 Å². The van der Waals surface area contributed by atoms with Crippen molar-refractivity contribution in [2.24, 2.45) is 0 Å². The maximum atomic E-state index is 12.6. The smallest absolute Gasteiger partial charge is 0.416 e. The van der Waals surface area contributed by atoms with Crippen LogP contribution in [0.15, 0.2) is 36.8 Å². The average molecular weight is 503 g/mol. The Kier molecular flexibility index (Phi) is 7.01. The monoisotopic (exact) mass is 502 g/mol. The van der Waals surface area contributed by atoms with Gasteiger partial charge in [0.15, 0.2) is 0 Å². The van der Waals surface area contributed by atoms with Crippen molar-refractivity contribution in [2.45, 2.75) is 58.4 Å². The van der Waals surface area contributed by atoms with Gasteiger partial charge in [-0.3, -0.25) is 9.88 Å². The van der Waals surface area contributed by atoms with E-state index in [1.165, 1.54) is 4.90 Å². The van der Waals surface area contributed by atoms with Crippen LogP contribution >= 0.6 is 22.9 Å². The van der Waals surface area contributed by atoms with E-state index < -0.39 is 6.09 Å². The van der Waals surface area contributed by atoms with E-state index in [-0.39, 0.29) is 35.5 Å². The maximum Gasteiger partial charge on any atom is 0.416 e. The van der Waals surface area contributed by atoms with Gasteiger partial charge in [-0.25, -0.2) is 14.8 Å². The van der Waals surface area contributed by atoms with Crippen LogP contribution in [0, 0.1) is 0 Å². The lowest BCUT2D eigenvalue weighted by molar-refractivity contribution is -0.0618. The molecule has 1 aliphatic rings. The predicted octanol–water partition coefficient (Wildman–Crippen LogP) is 5.35. The third kappa shape index (κ3) is 5.63. The molecule has 0 saturated carbocycles. The number of halogens is 1. The molecule has 1 fully saturated rings. The molecular formula is C23H27ClN6O3S. The Bertz CT molecular complexity index is 1150. The highest BCUT2D eigenvalue weighted by Gasteiger charge is 2.40. The first kappa shape index (κ1) is 24.3. The molecule has 3 aromatic rings. The molecule has 1 saturated heterocycles. The maximum absolute atomic E-state index is 12.6. The van der Waals surface area contributed by atoms with Gasteiger partial charge >= 0.3 is 6.09 Å². The molecular weight excluding hydrogens is 476 g/mol. The average Bonchev–Trinajstić information content (AvgIpc) is 3.40. The van der Waals surface area contributed by atoms with Crippen molar-refractivity contribution < 1.29 is 14.3 Å². The first-order valence-corrected chi connectivity index (χ1v) is 12.1. The summed E-state index contributed by atoms with van der Waals surface area (Å²) in [5.41, 5.74) is 0.636. The molecule has 0 aromatic carbocycles. The lowest BCUT2D eigenvalue weighted by Crippen LogP contribution is -2.45. The summed E-state index contributed by atoms with van der Waals surface area (Å²) < 4.78 is 11.4. The topological polar surface area (TPSA) is 102 Å². The third-order valence-electron chi connectivity index (χ3n) is 5.14. The van der Waals surface area contributed by atoms with E-state index in [9.17, 15) is 4.79 Å². The molecule has 34 heavy (non-hydrogen) atoms. The molecule has 0 radical (unpaired) electrons. The van der Waals surface area contributed by atoms with Gasteiger partial charge in [-0.2, -0.15) is 4.98 Å². The number of pyridine rings is 1. The highest BCUT2D eigenvalue weighted by molar-refractivity contribution is 7.15. The quantitative estimate of drug-likeness (QED) is 0.431. The van der Waals surface area contributed by atoms with Crippen molar-refractivity contribution in [3.05, 3.63) is 46.8 Å². The van der Waals surface area contributed by atoms with Gasteiger partial charge < -0.3 is 14.8 Å². The summed E-state index contributed by atoms with van der Waals surface area (Å²) in [5, 5.41) is 4.38. The Balaban J connectivity index is 1.54. The van der Waals surface area contributed by atoms with Crippen LogP contribution in [0.5, 0.6) is 0 Å². The number of rotatable bonds is 7. The van der Waals surface area contributed by atoms with E-state index in [2.05, 4.69) is 25.3 Å². The Morgan fingerprint density at radius 2 is 2.00 bits per heavy atom. The number of carbonyl (C=O) groups is 1. The number of cyclic esters (lactones) is 1. The zero-order valence-corrected chi connectivity index (χ0v) is 21.2. The number of carbonyl (C=O) groups excluding carboxylic acids is 1. The standard InChI is InChI=1S/C23H27ClN6O3S/c1-13(17-11-26-20(34-17)15-6-8-25-9-7-15)27-21-28-18(24)10-19(29-21)30-16(12-32-22(30)31)14(2)33-23(3,4)5/h6-11,13-14,16H,12H2,1-5H3,(H,27,28,29)/t13-,14+,16+/m0/s1. The first-order chi connectivity index (χ1) is 16.1.